The Morgan fingerprint density at radius 3 is 1.72 bits per heavy atom. The molecule has 1 aliphatic rings. The first-order valence-electron chi connectivity index (χ1n) is 8.92. The highest BCUT2D eigenvalue weighted by Crippen LogP contribution is 2.42. The molecule has 1 fully saturated rings. The van der Waals surface area contributed by atoms with Crippen molar-refractivity contribution in [3.63, 3.8) is 0 Å². The first-order valence-corrected chi connectivity index (χ1v) is 8.92. The van der Waals surface area contributed by atoms with Crippen LogP contribution in [-0.2, 0) is 5.60 Å². The zero-order valence-corrected chi connectivity index (χ0v) is 14.2. The van der Waals surface area contributed by atoms with E-state index in [1.165, 1.54) is 5.56 Å². The van der Waals surface area contributed by atoms with Crippen molar-refractivity contribution in [2.45, 2.75) is 24.0 Å². The summed E-state index contributed by atoms with van der Waals surface area (Å²) in [5.74, 6) is 0.270. The summed E-state index contributed by atoms with van der Waals surface area (Å²) in [7, 11) is 0. The third-order valence-corrected chi connectivity index (χ3v) is 5.33. The quantitative estimate of drug-likeness (QED) is 0.756. The number of nitrogens with one attached hydrogen (secondary N) is 1. The van der Waals surface area contributed by atoms with Crippen molar-refractivity contribution in [2.75, 3.05) is 6.54 Å². The van der Waals surface area contributed by atoms with Gasteiger partial charge in [0.2, 0.25) is 0 Å². The van der Waals surface area contributed by atoms with E-state index in [1.54, 1.807) is 0 Å². The molecule has 0 bridgehead atoms. The average molecular weight is 329 g/mol. The lowest BCUT2D eigenvalue weighted by Gasteiger charge is -2.38. The second-order valence-electron chi connectivity index (χ2n) is 6.74. The Hall–Kier alpha value is -2.42. The van der Waals surface area contributed by atoms with Crippen molar-refractivity contribution < 1.29 is 5.11 Å². The standard InChI is InChI=1S/C23H23NO/c25-23(19-12-6-2-7-13-19,20-14-8-3-9-15-20)22-21(16-17-24-22)18-10-4-1-5-11-18/h1-15,21-22,24-25H,16-17H2/t21-,22+/m1/s1. The molecule has 1 saturated heterocycles. The van der Waals surface area contributed by atoms with E-state index in [2.05, 4.69) is 29.6 Å². The van der Waals surface area contributed by atoms with E-state index in [0.29, 0.717) is 0 Å². The zero-order chi connectivity index (χ0) is 17.1. The van der Waals surface area contributed by atoms with Gasteiger partial charge in [0, 0.05) is 5.92 Å². The Morgan fingerprint density at radius 1 is 0.720 bits per heavy atom. The fourth-order valence-corrected chi connectivity index (χ4v) is 4.11. The Labute approximate surface area is 149 Å². The molecule has 2 atom stereocenters. The zero-order valence-electron chi connectivity index (χ0n) is 14.2. The van der Waals surface area contributed by atoms with E-state index in [-0.39, 0.29) is 12.0 Å². The normalized spacial score (nSPS) is 20.5. The lowest BCUT2D eigenvalue weighted by Crippen LogP contribution is -2.48. The fourth-order valence-electron chi connectivity index (χ4n) is 4.11. The van der Waals surface area contributed by atoms with Crippen LogP contribution in [0, 0.1) is 0 Å². The van der Waals surface area contributed by atoms with Gasteiger partial charge in [-0.25, -0.2) is 0 Å². The van der Waals surface area contributed by atoms with Gasteiger partial charge < -0.3 is 10.4 Å². The van der Waals surface area contributed by atoms with Crippen LogP contribution < -0.4 is 5.32 Å². The first-order chi connectivity index (χ1) is 12.3. The minimum atomic E-state index is -1.07. The third-order valence-electron chi connectivity index (χ3n) is 5.33. The molecule has 3 aromatic carbocycles. The monoisotopic (exact) mass is 329 g/mol. The molecule has 0 saturated carbocycles. The average Bonchev–Trinajstić information content (AvgIpc) is 3.20. The molecule has 1 aliphatic heterocycles. The molecule has 4 rings (SSSR count). The van der Waals surface area contributed by atoms with Crippen LogP contribution in [0.15, 0.2) is 91.0 Å². The van der Waals surface area contributed by atoms with E-state index in [0.717, 1.165) is 24.1 Å². The van der Waals surface area contributed by atoms with Crippen LogP contribution in [0.4, 0.5) is 0 Å². The maximum Gasteiger partial charge on any atom is 0.130 e. The SMILES string of the molecule is OC(c1ccccc1)(c1ccccc1)[C@H]1NCC[C@@H]1c1ccccc1. The lowest BCUT2D eigenvalue weighted by atomic mass is 9.74. The minimum Gasteiger partial charge on any atom is -0.379 e. The van der Waals surface area contributed by atoms with E-state index < -0.39 is 5.60 Å². The highest BCUT2D eigenvalue weighted by molar-refractivity contribution is 5.41. The third kappa shape index (κ3) is 2.88. The highest BCUT2D eigenvalue weighted by atomic mass is 16.3. The maximum absolute atomic E-state index is 12.0. The Bertz CT molecular complexity index is 762. The molecule has 3 aromatic rings. The number of hydrogen-bond donors (Lipinski definition) is 2. The van der Waals surface area contributed by atoms with E-state index in [4.69, 9.17) is 0 Å². The molecule has 2 N–H and O–H groups in total. The molecule has 0 aliphatic carbocycles. The summed E-state index contributed by atoms with van der Waals surface area (Å²) in [6.45, 7) is 0.909. The molecule has 0 aromatic heterocycles. The number of benzene rings is 3. The van der Waals surface area contributed by atoms with Gasteiger partial charge in [-0.1, -0.05) is 91.0 Å². The summed E-state index contributed by atoms with van der Waals surface area (Å²) in [6.07, 6.45) is 1.02. The Morgan fingerprint density at radius 2 is 1.20 bits per heavy atom. The van der Waals surface area contributed by atoms with Crippen molar-refractivity contribution in [2.24, 2.45) is 0 Å². The largest absolute Gasteiger partial charge is 0.379 e. The second kappa shape index (κ2) is 6.83. The van der Waals surface area contributed by atoms with Gasteiger partial charge in [-0.05, 0) is 29.7 Å². The molecule has 0 spiro atoms. The fraction of sp³-hybridized carbons (Fsp3) is 0.217. The van der Waals surface area contributed by atoms with Crippen molar-refractivity contribution >= 4 is 0 Å². The summed E-state index contributed by atoms with van der Waals surface area (Å²) in [5, 5.41) is 15.6. The molecule has 2 nitrogen and oxygen atoms in total. The van der Waals surface area contributed by atoms with Gasteiger partial charge in [0.05, 0.1) is 6.04 Å². The van der Waals surface area contributed by atoms with Crippen LogP contribution in [0.25, 0.3) is 0 Å². The van der Waals surface area contributed by atoms with Crippen LogP contribution >= 0.6 is 0 Å². The smallest absolute Gasteiger partial charge is 0.130 e. The second-order valence-corrected chi connectivity index (χ2v) is 6.74. The topological polar surface area (TPSA) is 32.3 Å². The number of hydrogen-bond acceptors (Lipinski definition) is 2. The van der Waals surface area contributed by atoms with Gasteiger partial charge in [-0.3, -0.25) is 0 Å². The summed E-state index contributed by atoms with van der Waals surface area (Å²) in [5.41, 5.74) is 2.07. The molecular weight excluding hydrogens is 306 g/mol. The predicted octanol–water partition coefficient (Wildman–Crippen LogP) is 4.07. The van der Waals surface area contributed by atoms with Gasteiger partial charge in [-0.15, -0.1) is 0 Å². The Kier molecular flexibility index (Phi) is 4.39. The lowest BCUT2D eigenvalue weighted by molar-refractivity contribution is 0.0381. The van der Waals surface area contributed by atoms with Crippen molar-refractivity contribution in [3.05, 3.63) is 108 Å². The van der Waals surface area contributed by atoms with E-state index in [1.807, 2.05) is 66.7 Å². The number of aliphatic hydroxyl groups is 1. The molecule has 2 heteroatoms. The molecule has 0 radical (unpaired) electrons. The van der Waals surface area contributed by atoms with Gasteiger partial charge >= 0.3 is 0 Å². The van der Waals surface area contributed by atoms with Gasteiger partial charge in [0.1, 0.15) is 5.60 Å². The molecule has 0 unspecified atom stereocenters. The van der Waals surface area contributed by atoms with Crippen molar-refractivity contribution in [1.29, 1.82) is 0 Å². The van der Waals surface area contributed by atoms with Crippen LogP contribution in [-0.4, -0.2) is 17.7 Å². The molecule has 0 amide bonds. The Balaban J connectivity index is 1.84. The van der Waals surface area contributed by atoms with Crippen LogP contribution in [0.5, 0.6) is 0 Å². The van der Waals surface area contributed by atoms with E-state index in [9.17, 15) is 5.11 Å². The summed E-state index contributed by atoms with van der Waals surface area (Å²) < 4.78 is 0. The van der Waals surface area contributed by atoms with E-state index >= 15 is 0 Å². The summed E-state index contributed by atoms with van der Waals surface area (Å²) >= 11 is 0. The summed E-state index contributed by atoms with van der Waals surface area (Å²) in [4.78, 5) is 0. The van der Waals surface area contributed by atoms with Crippen LogP contribution in [0.3, 0.4) is 0 Å². The van der Waals surface area contributed by atoms with Gasteiger partial charge in [-0.2, -0.15) is 0 Å². The van der Waals surface area contributed by atoms with Crippen molar-refractivity contribution in [3.8, 4) is 0 Å². The van der Waals surface area contributed by atoms with Crippen LogP contribution in [0.2, 0.25) is 0 Å². The van der Waals surface area contributed by atoms with Crippen LogP contribution in [0.1, 0.15) is 29.0 Å². The highest BCUT2D eigenvalue weighted by Gasteiger charge is 2.46. The molecule has 126 valence electrons. The molecule has 1 heterocycles. The number of rotatable bonds is 4. The first kappa shape index (κ1) is 16.1. The summed E-state index contributed by atoms with van der Waals surface area (Å²) in [6, 6.07) is 30.5. The van der Waals surface area contributed by atoms with Gasteiger partial charge in [0.15, 0.2) is 0 Å². The predicted molar refractivity (Wildman–Crippen MR) is 101 cm³/mol. The van der Waals surface area contributed by atoms with Gasteiger partial charge in [0.25, 0.3) is 0 Å². The van der Waals surface area contributed by atoms with Crippen molar-refractivity contribution in [1.82, 2.24) is 5.32 Å². The molecular formula is C23H23NO. The minimum absolute atomic E-state index is 0.0697. The molecule has 25 heavy (non-hydrogen) atoms. The maximum atomic E-state index is 12.0.